The fourth-order valence-electron chi connectivity index (χ4n) is 6.90. The molecular weight excluding hydrogens is 350 g/mol. The molecule has 4 fully saturated rings. The molecule has 0 unspecified atom stereocenters. The number of carboxylic acid groups (broad SMARTS) is 1. The molecular formula is C23H29N3O2. The van der Waals surface area contributed by atoms with Crippen molar-refractivity contribution in [3.63, 3.8) is 0 Å². The van der Waals surface area contributed by atoms with Gasteiger partial charge in [-0.2, -0.15) is 0 Å². The summed E-state index contributed by atoms with van der Waals surface area (Å²) in [5.41, 5.74) is 9.15. The molecule has 0 spiro atoms. The van der Waals surface area contributed by atoms with Crippen molar-refractivity contribution in [2.45, 2.75) is 58.3 Å². The van der Waals surface area contributed by atoms with Crippen LogP contribution in [0.15, 0.2) is 24.3 Å². The van der Waals surface area contributed by atoms with Crippen molar-refractivity contribution in [1.29, 1.82) is 0 Å². The predicted octanol–water partition coefficient (Wildman–Crippen LogP) is 5.12. The van der Waals surface area contributed by atoms with Crippen molar-refractivity contribution in [2.24, 2.45) is 23.2 Å². The Hall–Kier alpha value is -2.30. The third kappa shape index (κ3) is 2.83. The number of nitrogens with zero attached hydrogens (tertiary/aromatic N) is 2. The number of imidazole rings is 1. The van der Waals surface area contributed by atoms with Gasteiger partial charge in [0.05, 0.1) is 5.69 Å². The van der Waals surface area contributed by atoms with E-state index < -0.39 is 6.09 Å². The maximum Gasteiger partial charge on any atom is 0.417 e. The van der Waals surface area contributed by atoms with Crippen LogP contribution >= 0.6 is 0 Å². The molecule has 0 radical (unpaired) electrons. The smallest absolute Gasteiger partial charge is 0.417 e. The molecule has 4 aliphatic rings. The van der Waals surface area contributed by atoms with Crippen LogP contribution in [0.2, 0.25) is 0 Å². The first-order valence-corrected chi connectivity index (χ1v) is 10.6. The van der Waals surface area contributed by atoms with E-state index in [-0.39, 0.29) is 0 Å². The Balaban J connectivity index is 1.46. The molecule has 6 rings (SSSR count). The summed E-state index contributed by atoms with van der Waals surface area (Å²) in [4.78, 5) is 16.6. The zero-order valence-corrected chi connectivity index (χ0v) is 16.5. The average molecular weight is 380 g/mol. The van der Waals surface area contributed by atoms with Crippen LogP contribution in [0.1, 0.15) is 56.2 Å². The fraction of sp³-hybridized carbons (Fsp3) is 0.565. The molecule has 4 saturated carbocycles. The number of nitrogens with two attached hydrogens (primary N) is 1. The van der Waals surface area contributed by atoms with Gasteiger partial charge in [0, 0.05) is 5.56 Å². The van der Waals surface area contributed by atoms with Crippen molar-refractivity contribution >= 4 is 11.9 Å². The number of aromatic nitrogens is 2. The van der Waals surface area contributed by atoms with E-state index in [1.54, 1.807) is 0 Å². The van der Waals surface area contributed by atoms with Crippen LogP contribution in [0, 0.1) is 30.1 Å². The second-order valence-corrected chi connectivity index (χ2v) is 9.62. The van der Waals surface area contributed by atoms with Gasteiger partial charge in [-0.3, -0.25) is 0 Å². The normalized spacial score (nSPS) is 30.7. The Labute approximate surface area is 166 Å². The monoisotopic (exact) mass is 379 g/mol. The highest BCUT2D eigenvalue weighted by Crippen LogP contribution is 2.61. The third-order valence-corrected chi connectivity index (χ3v) is 7.64. The van der Waals surface area contributed by atoms with Crippen LogP contribution in [0.4, 0.5) is 10.6 Å². The van der Waals surface area contributed by atoms with Gasteiger partial charge in [-0.15, -0.1) is 0 Å². The van der Waals surface area contributed by atoms with E-state index in [9.17, 15) is 9.90 Å². The predicted molar refractivity (Wildman–Crippen MR) is 109 cm³/mol. The van der Waals surface area contributed by atoms with Crippen molar-refractivity contribution < 1.29 is 9.90 Å². The lowest BCUT2D eigenvalue weighted by atomic mass is 9.48. The summed E-state index contributed by atoms with van der Waals surface area (Å²) in [5.74, 6) is 3.51. The molecule has 1 heterocycles. The lowest BCUT2D eigenvalue weighted by Gasteiger charge is -2.57. The van der Waals surface area contributed by atoms with Gasteiger partial charge in [-0.1, -0.05) is 24.3 Å². The molecule has 1 aromatic carbocycles. The number of carbonyl (C=O) groups is 1. The maximum atomic E-state index is 12.1. The second kappa shape index (κ2) is 6.36. The SMILES string of the molecule is Cc1ccccc1-c1nc(N)c(CCC23CC4CC(CC(C4)C2)C3)n1C(=O)O. The number of anilines is 1. The summed E-state index contributed by atoms with van der Waals surface area (Å²) in [7, 11) is 0. The summed E-state index contributed by atoms with van der Waals surface area (Å²) in [6.07, 6.45) is 8.97. The molecule has 0 amide bonds. The Morgan fingerprint density at radius 2 is 1.79 bits per heavy atom. The maximum absolute atomic E-state index is 12.1. The summed E-state index contributed by atoms with van der Waals surface area (Å²) in [6.45, 7) is 1.97. The zero-order valence-electron chi connectivity index (χ0n) is 16.5. The number of hydrogen-bond acceptors (Lipinski definition) is 3. The number of nitrogen functional groups attached to an aromatic ring is 1. The molecule has 5 heteroatoms. The lowest BCUT2D eigenvalue weighted by molar-refractivity contribution is -0.0571. The largest absolute Gasteiger partial charge is 0.464 e. The van der Waals surface area contributed by atoms with Crippen LogP contribution < -0.4 is 5.73 Å². The second-order valence-electron chi connectivity index (χ2n) is 9.62. The van der Waals surface area contributed by atoms with E-state index in [1.807, 2.05) is 31.2 Å². The van der Waals surface area contributed by atoms with Gasteiger partial charge in [-0.05, 0) is 87.0 Å². The number of rotatable bonds is 4. The lowest BCUT2D eigenvalue weighted by Crippen LogP contribution is -2.46. The first-order chi connectivity index (χ1) is 13.4. The van der Waals surface area contributed by atoms with Gasteiger partial charge in [0.15, 0.2) is 5.82 Å². The van der Waals surface area contributed by atoms with Gasteiger partial charge >= 0.3 is 6.09 Å². The topological polar surface area (TPSA) is 81.1 Å². The average Bonchev–Trinajstić information content (AvgIpc) is 2.96. The van der Waals surface area contributed by atoms with Gasteiger partial charge in [-0.25, -0.2) is 14.3 Å². The summed E-state index contributed by atoms with van der Waals surface area (Å²) < 4.78 is 1.33. The molecule has 28 heavy (non-hydrogen) atoms. The molecule has 5 nitrogen and oxygen atoms in total. The summed E-state index contributed by atoms with van der Waals surface area (Å²) >= 11 is 0. The fourth-order valence-corrected chi connectivity index (χ4v) is 6.90. The highest BCUT2D eigenvalue weighted by Gasteiger charge is 2.50. The van der Waals surface area contributed by atoms with E-state index in [0.717, 1.165) is 35.3 Å². The number of benzene rings is 1. The van der Waals surface area contributed by atoms with E-state index in [4.69, 9.17) is 5.73 Å². The van der Waals surface area contributed by atoms with Crippen molar-refractivity contribution in [3.05, 3.63) is 35.5 Å². The third-order valence-electron chi connectivity index (χ3n) is 7.64. The van der Waals surface area contributed by atoms with Crippen molar-refractivity contribution in [1.82, 2.24) is 9.55 Å². The van der Waals surface area contributed by atoms with Crippen LogP contribution in [0.25, 0.3) is 11.4 Å². The van der Waals surface area contributed by atoms with Crippen LogP contribution in [-0.4, -0.2) is 20.8 Å². The van der Waals surface area contributed by atoms with Gasteiger partial charge < -0.3 is 10.8 Å². The molecule has 0 aliphatic heterocycles. The van der Waals surface area contributed by atoms with Gasteiger partial charge in [0.1, 0.15) is 5.82 Å². The molecule has 4 aliphatic carbocycles. The van der Waals surface area contributed by atoms with Gasteiger partial charge in [0.25, 0.3) is 0 Å². The Morgan fingerprint density at radius 1 is 1.18 bits per heavy atom. The molecule has 0 saturated heterocycles. The van der Waals surface area contributed by atoms with Crippen molar-refractivity contribution in [3.8, 4) is 11.4 Å². The Morgan fingerprint density at radius 3 is 2.36 bits per heavy atom. The number of hydrogen-bond donors (Lipinski definition) is 2. The number of aryl methyl sites for hydroxylation is 1. The zero-order chi connectivity index (χ0) is 19.5. The molecule has 4 bridgehead atoms. The summed E-state index contributed by atoms with van der Waals surface area (Å²) in [5, 5.41) is 9.94. The van der Waals surface area contributed by atoms with Crippen molar-refractivity contribution in [2.75, 3.05) is 5.73 Å². The Bertz CT molecular complexity index is 895. The minimum Gasteiger partial charge on any atom is -0.464 e. The van der Waals surface area contributed by atoms with Gasteiger partial charge in [0.2, 0.25) is 0 Å². The quantitative estimate of drug-likeness (QED) is 0.773. The molecule has 3 N–H and O–H groups in total. The van der Waals surface area contributed by atoms with Crippen LogP contribution in [0.5, 0.6) is 0 Å². The minimum atomic E-state index is -0.997. The summed E-state index contributed by atoms with van der Waals surface area (Å²) in [6, 6.07) is 7.75. The van der Waals surface area contributed by atoms with E-state index in [2.05, 4.69) is 4.98 Å². The highest BCUT2D eigenvalue weighted by molar-refractivity contribution is 5.79. The van der Waals surface area contributed by atoms with Crippen LogP contribution in [0.3, 0.4) is 0 Å². The molecule has 0 atom stereocenters. The molecule has 1 aromatic heterocycles. The van der Waals surface area contributed by atoms with Crippen LogP contribution in [-0.2, 0) is 6.42 Å². The first kappa shape index (κ1) is 17.8. The Kier molecular flexibility index (Phi) is 4.04. The molecule has 148 valence electrons. The van der Waals surface area contributed by atoms with E-state index in [1.165, 1.54) is 43.1 Å². The van der Waals surface area contributed by atoms with E-state index in [0.29, 0.717) is 29.2 Å². The van der Waals surface area contributed by atoms with E-state index >= 15 is 0 Å². The highest BCUT2D eigenvalue weighted by atomic mass is 16.4. The standard InChI is InChI=1S/C23H29N3O2/c1-14-4-2-3-5-18(14)21-25-20(24)19(26(21)22(27)28)6-7-23-11-15-8-16(12-23)10-17(9-15)13-23/h2-5,15-17H,6-13,24H2,1H3,(H,27,28). The minimum absolute atomic E-state index is 0.366. The molecule has 2 aromatic rings. The first-order valence-electron chi connectivity index (χ1n) is 10.6.